The molecule has 0 bridgehead atoms. The van der Waals surface area contributed by atoms with E-state index in [9.17, 15) is 14.4 Å². The SMILES string of the molecule is NC1CCN(C(=O)C(Cc2ccc(Cl)c(Cl)c2)OC(=O)N2CCC(N3CCc4ccccc4NC3=O)CC2)CC1. The Balaban J connectivity index is 1.21. The zero-order valence-corrected chi connectivity index (χ0v) is 23.9. The molecule has 3 aliphatic heterocycles. The summed E-state index contributed by atoms with van der Waals surface area (Å²) in [5, 5.41) is 3.82. The first kappa shape index (κ1) is 28.5. The predicted octanol–water partition coefficient (Wildman–Crippen LogP) is 4.55. The number of anilines is 1. The lowest BCUT2D eigenvalue weighted by atomic mass is 10.0. The summed E-state index contributed by atoms with van der Waals surface area (Å²) in [6.45, 7) is 2.56. The molecular weight excluding hydrogens is 553 g/mol. The number of nitrogens with one attached hydrogen (secondary N) is 1. The Hall–Kier alpha value is -3.01. The number of carbonyl (C=O) groups excluding carboxylic acids is 3. The van der Waals surface area contributed by atoms with E-state index >= 15 is 0 Å². The molecule has 1 atom stereocenters. The Morgan fingerprint density at radius 1 is 0.950 bits per heavy atom. The number of amides is 4. The van der Waals surface area contributed by atoms with Gasteiger partial charge in [-0.15, -0.1) is 0 Å². The van der Waals surface area contributed by atoms with Gasteiger partial charge in [0.15, 0.2) is 6.10 Å². The lowest BCUT2D eigenvalue weighted by molar-refractivity contribution is -0.142. The average Bonchev–Trinajstić information content (AvgIpc) is 3.12. The molecule has 214 valence electrons. The fraction of sp³-hybridized carbons (Fsp3) is 0.483. The molecule has 0 saturated carbocycles. The summed E-state index contributed by atoms with van der Waals surface area (Å²) in [4.78, 5) is 44.9. The predicted molar refractivity (Wildman–Crippen MR) is 155 cm³/mol. The highest BCUT2D eigenvalue weighted by Gasteiger charge is 2.35. The molecule has 0 aromatic heterocycles. The summed E-state index contributed by atoms with van der Waals surface area (Å²) < 4.78 is 5.87. The summed E-state index contributed by atoms with van der Waals surface area (Å²) in [6, 6.07) is 13.0. The molecule has 2 aromatic rings. The van der Waals surface area contributed by atoms with Crippen LogP contribution in [0.15, 0.2) is 42.5 Å². The van der Waals surface area contributed by atoms with E-state index in [2.05, 4.69) is 5.32 Å². The van der Waals surface area contributed by atoms with Crippen molar-refractivity contribution in [2.45, 2.75) is 56.7 Å². The summed E-state index contributed by atoms with van der Waals surface area (Å²) in [5.74, 6) is -0.234. The van der Waals surface area contributed by atoms with Gasteiger partial charge in [0.2, 0.25) is 0 Å². The molecule has 4 amide bonds. The number of rotatable bonds is 5. The number of nitrogens with two attached hydrogens (primary N) is 1. The van der Waals surface area contributed by atoms with E-state index in [0.29, 0.717) is 68.5 Å². The summed E-state index contributed by atoms with van der Waals surface area (Å²) in [7, 11) is 0. The fourth-order valence-corrected chi connectivity index (χ4v) is 6.00. The highest BCUT2D eigenvalue weighted by Crippen LogP contribution is 2.26. The van der Waals surface area contributed by atoms with Gasteiger partial charge in [-0.2, -0.15) is 0 Å². The molecule has 2 aromatic carbocycles. The Morgan fingerprint density at radius 3 is 2.38 bits per heavy atom. The Morgan fingerprint density at radius 2 is 1.65 bits per heavy atom. The van der Waals surface area contributed by atoms with Gasteiger partial charge in [0.05, 0.1) is 10.0 Å². The Bertz CT molecular complexity index is 1240. The quantitative estimate of drug-likeness (QED) is 0.533. The van der Waals surface area contributed by atoms with Crippen molar-refractivity contribution < 1.29 is 19.1 Å². The van der Waals surface area contributed by atoms with Gasteiger partial charge in [-0.1, -0.05) is 47.5 Å². The first-order chi connectivity index (χ1) is 19.3. The third kappa shape index (κ3) is 6.65. The largest absolute Gasteiger partial charge is 0.436 e. The number of piperidine rings is 2. The van der Waals surface area contributed by atoms with E-state index in [0.717, 1.165) is 23.2 Å². The zero-order valence-electron chi connectivity index (χ0n) is 22.4. The molecule has 5 rings (SSSR count). The molecule has 2 fully saturated rings. The van der Waals surface area contributed by atoms with Crippen LogP contribution >= 0.6 is 23.2 Å². The molecule has 0 spiro atoms. The monoisotopic (exact) mass is 587 g/mol. The van der Waals surface area contributed by atoms with E-state index in [4.69, 9.17) is 33.7 Å². The molecule has 3 N–H and O–H groups in total. The summed E-state index contributed by atoms with van der Waals surface area (Å²) in [6.07, 6.45) is 2.13. The van der Waals surface area contributed by atoms with Crippen molar-refractivity contribution in [1.82, 2.24) is 14.7 Å². The number of nitrogens with zero attached hydrogens (tertiary/aromatic N) is 3. The topological polar surface area (TPSA) is 108 Å². The molecule has 40 heavy (non-hydrogen) atoms. The first-order valence-corrected chi connectivity index (χ1v) is 14.6. The van der Waals surface area contributed by atoms with Crippen molar-refractivity contribution in [2.75, 3.05) is 38.0 Å². The highest BCUT2D eigenvalue weighted by atomic mass is 35.5. The van der Waals surface area contributed by atoms with Gasteiger partial charge in [-0.3, -0.25) is 4.79 Å². The smallest absolute Gasteiger partial charge is 0.410 e. The maximum Gasteiger partial charge on any atom is 0.410 e. The van der Waals surface area contributed by atoms with Crippen molar-refractivity contribution in [1.29, 1.82) is 0 Å². The van der Waals surface area contributed by atoms with Crippen LogP contribution in [0.25, 0.3) is 0 Å². The van der Waals surface area contributed by atoms with E-state index in [1.807, 2.05) is 29.2 Å². The Kier molecular flexibility index (Phi) is 9.03. The third-order valence-corrected chi connectivity index (χ3v) is 8.82. The number of hydrogen-bond donors (Lipinski definition) is 2. The lowest BCUT2D eigenvalue weighted by Gasteiger charge is -2.38. The van der Waals surface area contributed by atoms with Crippen LogP contribution in [0.2, 0.25) is 10.0 Å². The normalized spacial score (nSPS) is 19.5. The number of fused-ring (bicyclic) bond motifs is 1. The average molecular weight is 589 g/mol. The van der Waals surface area contributed by atoms with E-state index in [1.165, 1.54) is 0 Å². The lowest BCUT2D eigenvalue weighted by Crippen LogP contribution is -2.52. The maximum atomic E-state index is 13.5. The molecule has 2 saturated heterocycles. The summed E-state index contributed by atoms with van der Waals surface area (Å²) in [5.41, 5.74) is 8.75. The van der Waals surface area contributed by atoms with E-state index in [1.54, 1.807) is 28.0 Å². The van der Waals surface area contributed by atoms with Crippen LogP contribution in [0.1, 0.15) is 36.8 Å². The number of likely N-dealkylation sites (tertiary alicyclic amines) is 2. The maximum absolute atomic E-state index is 13.5. The first-order valence-electron chi connectivity index (χ1n) is 13.9. The fourth-order valence-electron chi connectivity index (χ4n) is 5.68. The van der Waals surface area contributed by atoms with Crippen LogP contribution in [-0.2, 0) is 22.4 Å². The number of halogens is 2. The van der Waals surface area contributed by atoms with Gasteiger partial charge in [0.1, 0.15) is 0 Å². The Labute approximate surface area is 244 Å². The molecule has 3 aliphatic rings. The molecule has 0 aliphatic carbocycles. The van der Waals surface area contributed by atoms with Crippen molar-refractivity contribution in [3.05, 3.63) is 63.6 Å². The minimum Gasteiger partial charge on any atom is -0.436 e. The van der Waals surface area contributed by atoms with Crippen LogP contribution in [0.3, 0.4) is 0 Å². The molecule has 1 unspecified atom stereocenters. The second-order valence-corrected chi connectivity index (χ2v) is 11.6. The van der Waals surface area contributed by atoms with E-state index < -0.39 is 12.2 Å². The van der Waals surface area contributed by atoms with Gasteiger partial charge in [-0.25, -0.2) is 9.59 Å². The van der Waals surface area contributed by atoms with Crippen LogP contribution in [0.5, 0.6) is 0 Å². The molecule has 3 heterocycles. The second kappa shape index (κ2) is 12.7. The second-order valence-electron chi connectivity index (χ2n) is 10.7. The van der Waals surface area contributed by atoms with Gasteiger partial charge in [-0.05, 0) is 61.4 Å². The number of para-hydroxylation sites is 1. The van der Waals surface area contributed by atoms with Gasteiger partial charge >= 0.3 is 12.1 Å². The number of carbonyl (C=O) groups is 3. The number of ether oxygens (including phenoxy) is 1. The number of urea groups is 1. The highest BCUT2D eigenvalue weighted by molar-refractivity contribution is 6.42. The van der Waals surface area contributed by atoms with Crippen molar-refractivity contribution in [3.8, 4) is 0 Å². The van der Waals surface area contributed by atoms with Crippen molar-refractivity contribution in [2.24, 2.45) is 5.73 Å². The van der Waals surface area contributed by atoms with Gasteiger partial charge in [0, 0.05) is 56.9 Å². The molecule has 0 radical (unpaired) electrons. The van der Waals surface area contributed by atoms with Crippen molar-refractivity contribution >= 4 is 46.9 Å². The van der Waals surface area contributed by atoms with Crippen molar-refractivity contribution in [3.63, 3.8) is 0 Å². The van der Waals surface area contributed by atoms with Crippen LogP contribution in [0, 0.1) is 0 Å². The van der Waals surface area contributed by atoms with Gasteiger partial charge in [0.25, 0.3) is 5.91 Å². The summed E-state index contributed by atoms with van der Waals surface area (Å²) >= 11 is 12.3. The van der Waals surface area contributed by atoms with Gasteiger partial charge < -0.3 is 30.5 Å². The minimum atomic E-state index is -0.994. The van der Waals surface area contributed by atoms with Crippen LogP contribution in [0.4, 0.5) is 15.3 Å². The van der Waals surface area contributed by atoms with Crippen LogP contribution < -0.4 is 11.1 Å². The standard InChI is InChI=1S/C29H35Cl2N5O4/c30-23-6-5-19(17-24(23)31)18-26(27(37)34-12-8-21(32)9-13-34)40-29(39)35-14-10-22(11-15-35)36-16-7-20-3-1-2-4-25(20)33-28(36)38/h1-6,17,21-22,26H,7-16,18,32H2,(H,33,38). The van der Waals surface area contributed by atoms with Crippen LogP contribution in [-0.4, -0.2) is 83.6 Å². The van der Waals surface area contributed by atoms with E-state index in [-0.39, 0.29) is 30.4 Å². The minimum absolute atomic E-state index is 0.0181. The molecular formula is C29H35Cl2N5O4. The zero-order chi connectivity index (χ0) is 28.2. The molecule has 11 heteroatoms. The third-order valence-electron chi connectivity index (χ3n) is 8.08. The number of benzene rings is 2. The number of hydrogen-bond acceptors (Lipinski definition) is 5. The molecule has 9 nitrogen and oxygen atoms in total.